The van der Waals surface area contributed by atoms with E-state index in [0.717, 1.165) is 18.7 Å². The normalized spacial score (nSPS) is 14.1. The molecule has 0 aliphatic heterocycles. The minimum absolute atomic E-state index is 0.151. The van der Waals surface area contributed by atoms with Crippen LogP contribution in [0.2, 0.25) is 0 Å². The Kier molecular flexibility index (Phi) is 3.74. The monoisotopic (exact) mass is 307 g/mol. The number of anilines is 2. The van der Waals surface area contributed by atoms with Crippen LogP contribution in [0.5, 0.6) is 0 Å². The van der Waals surface area contributed by atoms with Crippen molar-refractivity contribution in [2.24, 2.45) is 7.05 Å². The van der Waals surface area contributed by atoms with Gasteiger partial charge in [0.1, 0.15) is 16.9 Å². The molecular weight excluding hydrogens is 290 g/mol. The van der Waals surface area contributed by atoms with Gasteiger partial charge in [-0.15, -0.1) is 0 Å². The average molecular weight is 307 g/mol. The van der Waals surface area contributed by atoms with Gasteiger partial charge >= 0.3 is 0 Å². The van der Waals surface area contributed by atoms with E-state index in [1.165, 1.54) is 11.5 Å². The Balaban J connectivity index is 1.60. The van der Waals surface area contributed by atoms with Gasteiger partial charge < -0.3 is 16.4 Å². The van der Waals surface area contributed by atoms with Crippen LogP contribution in [0.25, 0.3) is 0 Å². The van der Waals surface area contributed by atoms with Gasteiger partial charge in [-0.05, 0) is 24.4 Å². The van der Waals surface area contributed by atoms with E-state index >= 15 is 0 Å². The first-order valence-corrected chi connectivity index (χ1v) is 7.55. The molecule has 21 heavy (non-hydrogen) atoms. The number of amides is 1. The van der Waals surface area contributed by atoms with Crippen molar-refractivity contribution in [3.63, 3.8) is 0 Å². The lowest BCUT2D eigenvalue weighted by atomic mass is 10.3. The van der Waals surface area contributed by atoms with Crippen molar-refractivity contribution in [2.75, 3.05) is 17.6 Å². The van der Waals surface area contributed by atoms with Crippen molar-refractivity contribution in [1.82, 2.24) is 24.5 Å². The number of carbonyl (C=O) groups is 1. The molecule has 0 unspecified atom stereocenters. The standard InChI is InChI=1S/C12H17N7OS/c1-19-6-15-8(17-19)4-5-14-12-9(10(13)18-21-12)11(20)16-7-2-3-7/h6-7,14H,2-5H2,1H3,(H2,13,18)(H,16,20). The van der Waals surface area contributed by atoms with E-state index in [9.17, 15) is 4.79 Å². The fourth-order valence-corrected chi connectivity index (χ4v) is 2.65. The smallest absolute Gasteiger partial charge is 0.258 e. The zero-order valence-corrected chi connectivity index (χ0v) is 12.5. The molecule has 9 heteroatoms. The van der Waals surface area contributed by atoms with E-state index in [4.69, 9.17) is 5.73 Å². The predicted molar refractivity (Wildman–Crippen MR) is 80.2 cm³/mol. The molecule has 0 saturated heterocycles. The van der Waals surface area contributed by atoms with E-state index in [-0.39, 0.29) is 11.7 Å². The van der Waals surface area contributed by atoms with Crippen molar-refractivity contribution < 1.29 is 4.79 Å². The fourth-order valence-electron chi connectivity index (χ4n) is 1.91. The molecule has 2 heterocycles. The summed E-state index contributed by atoms with van der Waals surface area (Å²) >= 11 is 1.20. The van der Waals surface area contributed by atoms with Crippen LogP contribution in [-0.4, -0.2) is 37.6 Å². The summed E-state index contributed by atoms with van der Waals surface area (Å²) in [7, 11) is 1.83. The van der Waals surface area contributed by atoms with E-state index < -0.39 is 0 Å². The first-order chi connectivity index (χ1) is 10.1. The van der Waals surface area contributed by atoms with Gasteiger partial charge in [-0.3, -0.25) is 9.48 Å². The molecule has 1 saturated carbocycles. The van der Waals surface area contributed by atoms with Gasteiger partial charge in [-0.25, -0.2) is 4.98 Å². The second-order valence-electron chi connectivity index (χ2n) is 5.03. The maximum absolute atomic E-state index is 12.1. The van der Waals surface area contributed by atoms with Gasteiger partial charge in [-0.1, -0.05) is 0 Å². The third kappa shape index (κ3) is 3.30. The highest BCUT2D eigenvalue weighted by molar-refractivity contribution is 7.11. The molecule has 1 aliphatic carbocycles. The number of nitrogen functional groups attached to an aromatic ring is 1. The first kappa shape index (κ1) is 13.8. The summed E-state index contributed by atoms with van der Waals surface area (Å²) in [5.41, 5.74) is 6.24. The van der Waals surface area contributed by atoms with Crippen LogP contribution >= 0.6 is 11.5 Å². The summed E-state index contributed by atoms with van der Waals surface area (Å²) < 4.78 is 5.72. The second kappa shape index (κ2) is 5.68. The van der Waals surface area contributed by atoms with Crippen LogP contribution < -0.4 is 16.4 Å². The molecular formula is C12H17N7OS. The van der Waals surface area contributed by atoms with Crippen LogP contribution in [0.4, 0.5) is 10.8 Å². The van der Waals surface area contributed by atoms with Gasteiger partial charge in [-0.2, -0.15) is 9.47 Å². The molecule has 1 aliphatic rings. The Bertz CT molecular complexity index is 646. The molecule has 1 amide bonds. The van der Waals surface area contributed by atoms with Crippen LogP contribution in [0.3, 0.4) is 0 Å². The predicted octanol–water partition coefficient (Wildman–Crippen LogP) is 0.401. The van der Waals surface area contributed by atoms with Crippen molar-refractivity contribution in [2.45, 2.75) is 25.3 Å². The van der Waals surface area contributed by atoms with E-state index in [1.54, 1.807) is 11.0 Å². The van der Waals surface area contributed by atoms with Gasteiger partial charge in [0.2, 0.25) is 0 Å². The van der Waals surface area contributed by atoms with Crippen molar-refractivity contribution in [3.8, 4) is 0 Å². The maximum Gasteiger partial charge on any atom is 0.258 e. The lowest BCUT2D eigenvalue weighted by Crippen LogP contribution is -2.26. The summed E-state index contributed by atoms with van der Waals surface area (Å²) in [6.45, 7) is 0.620. The number of nitrogens with two attached hydrogens (primary N) is 1. The molecule has 0 bridgehead atoms. The van der Waals surface area contributed by atoms with Gasteiger partial charge in [0.05, 0.1) is 0 Å². The maximum atomic E-state index is 12.1. The Hall–Kier alpha value is -2.16. The van der Waals surface area contributed by atoms with E-state index in [2.05, 4.69) is 25.1 Å². The summed E-state index contributed by atoms with van der Waals surface area (Å²) in [6.07, 6.45) is 4.41. The van der Waals surface area contributed by atoms with Crippen molar-refractivity contribution in [3.05, 3.63) is 17.7 Å². The molecule has 0 atom stereocenters. The van der Waals surface area contributed by atoms with E-state index in [1.807, 2.05) is 7.05 Å². The molecule has 0 aromatic carbocycles. The Labute approximate surface area is 125 Å². The SMILES string of the molecule is Cn1cnc(CCNc2snc(N)c2C(=O)NC2CC2)n1. The number of aryl methyl sites for hydroxylation is 1. The largest absolute Gasteiger partial charge is 0.382 e. The summed E-state index contributed by atoms with van der Waals surface area (Å²) in [6, 6.07) is 0.294. The van der Waals surface area contributed by atoms with Crippen LogP contribution in [0.15, 0.2) is 6.33 Å². The number of rotatable bonds is 6. The van der Waals surface area contributed by atoms with Crippen molar-refractivity contribution >= 4 is 28.3 Å². The number of aromatic nitrogens is 4. The Morgan fingerprint density at radius 2 is 2.38 bits per heavy atom. The Morgan fingerprint density at radius 1 is 1.57 bits per heavy atom. The lowest BCUT2D eigenvalue weighted by Gasteiger charge is -2.06. The topological polar surface area (TPSA) is 111 Å². The molecule has 4 N–H and O–H groups in total. The van der Waals surface area contributed by atoms with Gasteiger partial charge in [0.25, 0.3) is 5.91 Å². The molecule has 0 spiro atoms. The molecule has 2 aromatic heterocycles. The number of carbonyl (C=O) groups excluding carboxylic acids is 1. The molecule has 112 valence electrons. The number of hydrogen-bond acceptors (Lipinski definition) is 7. The highest BCUT2D eigenvalue weighted by Crippen LogP contribution is 2.28. The summed E-state index contributed by atoms with van der Waals surface area (Å²) in [5, 5.41) is 11.0. The molecule has 8 nitrogen and oxygen atoms in total. The van der Waals surface area contributed by atoms with Crippen molar-refractivity contribution in [1.29, 1.82) is 0 Å². The van der Waals surface area contributed by atoms with Crippen LogP contribution in [0, 0.1) is 0 Å². The third-order valence-corrected chi connectivity index (χ3v) is 3.96. The highest BCUT2D eigenvalue weighted by Gasteiger charge is 2.27. The zero-order chi connectivity index (χ0) is 14.8. The van der Waals surface area contributed by atoms with Gasteiger partial charge in [0.15, 0.2) is 11.6 Å². The minimum atomic E-state index is -0.151. The molecule has 3 rings (SSSR count). The van der Waals surface area contributed by atoms with Gasteiger partial charge in [0, 0.05) is 26.1 Å². The molecule has 0 radical (unpaired) electrons. The molecule has 1 fully saturated rings. The summed E-state index contributed by atoms with van der Waals surface area (Å²) in [5.74, 6) is 0.880. The third-order valence-electron chi connectivity index (χ3n) is 3.14. The second-order valence-corrected chi connectivity index (χ2v) is 5.80. The number of nitrogens with zero attached hydrogens (tertiary/aromatic N) is 4. The van der Waals surface area contributed by atoms with E-state index in [0.29, 0.717) is 29.6 Å². The molecule has 2 aromatic rings. The minimum Gasteiger partial charge on any atom is -0.382 e. The fraction of sp³-hybridized carbons (Fsp3) is 0.500. The first-order valence-electron chi connectivity index (χ1n) is 6.78. The summed E-state index contributed by atoms with van der Waals surface area (Å²) in [4.78, 5) is 16.3. The lowest BCUT2D eigenvalue weighted by molar-refractivity contribution is 0.0953. The highest BCUT2D eigenvalue weighted by atomic mass is 32.1. The Morgan fingerprint density at radius 3 is 3.05 bits per heavy atom. The van der Waals surface area contributed by atoms with Crippen LogP contribution in [-0.2, 0) is 13.5 Å². The van der Waals surface area contributed by atoms with Crippen LogP contribution in [0.1, 0.15) is 29.0 Å². The average Bonchev–Trinajstić information content (AvgIpc) is 3.03. The quantitative estimate of drug-likeness (QED) is 0.712. The number of hydrogen-bond donors (Lipinski definition) is 3. The number of nitrogens with one attached hydrogen (secondary N) is 2. The zero-order valence-electron chi connectivity index (χ0n) is 11.7.